The Labute approximate surface area is 180 Å². The number of rotatable bonds is 7. The topological polar surface area (TPSA) is 35.5 Å². The number of carbonyl (C=O) groups excluding carboxylic acids is 1. The molecule has 0 atom stereocenters. The molecule has 1 aromatic heterocycles. The first kappa shape index (κ1) is 20.4. The van der Waals surface area contributed by atoms with Crippen LogP contribution in [0.2, 0.25) is 0 Å². The number of fused-ring (bicyclic) bond motifs is 3. The van der Waals surface area contributed by atoms with Crippen LogP contribution in [-0.4, -0.2) is 19.2 Å². The molecule has 30 heavy (non-hydrogen) atoms. The normalized spacial score (nSPS) is 11.7. The smallest absolute Gasteiger partial charge is 0.311 e. The van der Waals surface area contributed by atoms with E-state index in [4.69, 9.17) is 9.47 Å². The summed E-state index contributed by atoms with van der Waals surface area (Å²) < 4.78 is 13.9. The molecule has 4 heteroatoms. The Morgan fingerprint density at radius 1 is 0.833 bits per heavy atom. The first-order chi connectivity index (χ1) is 14.5. The van der Waals surface area contributed by atoms with Gasteiger partial charge in [0.25, 0.3) is 0 Å². The largest absolute Gasteiger partial charge is 0.490 e. The molecule has 1 heterocycles. The zero-order valence-electron chi connectivity index (χ0n) is 17.7. The van der Waals surface area contributed by atoms with Crippen LogP contribution in [0.15, 0.2) is 72.8 Å². The Morgan fingerprint density at radius 2 is 1.40 bits per heavy atom. The fourth-order valence-corrected chi connectivity index (χ4v) is 5.79. The summed E-state index contributed by atoms with van der Waals surface area (Å²) in [6.07, 6.45) is 0.752. The third kappa shape index (κ3) is 3.92. The Balaban J connectivity index is 1.49. The maximum absolute atomic E-state index is 12.0. The van der Waals surface area contributed by atoms with Crippen LogP contribution in [0.5, 0.6) is 5.75 Å². The van der Waals surface area contributed by atoms with Crippen molar-refractivity contribution in [2.45, 2.75) is 27.2 Å². The lowest BCUT2D eigenvalue weighted by Gasteiger charge is -2.20. The molecule has 154 valence electrons. The summed E-state index contributed by atoms with van der Waals surface area (Å²) in [7, 11) is -0.0984. The van der Waals surface area contributed by atoms with E-state index in [9.17, 15) is 4.79 Å². The lowest BCUT2D eigenvalue weighted by atomic mass is 9.91. The standard InChI is InChI=1S/C26H27O3S/c1-4-26(2,3)25(27)29-18-17-28-19-13-15-20(16-14-19)30-23-11-7-5-9-21(23)22-10-6-8-12-24(22)30/h5-16H,4,17-18H2,1-3H3/q+1. The van der Waals surface area contributed by atoms with Gasteiger partial charge in [0.2, 0.25) is 0 Å². The van der Waals surface area contributed by atoms with Crippen molar-refractivity contribution in [1.82, 2.24) is 0 Å². The molecule has 4 aromatic rings. The van der Waals surface area contributed by atoms with E-state index in [-0.39, 0.29) is 23.0 Å². The summed E-state index contributed by atoms with van der Waals surface area (Å²) in [5.41, 5.74) is -0.448. The van der Waals surface area contributed by atoms with Crippen LogP contribution in [0, 0.1) is 5.41 Å². The van der Waals surface area contributed by atoms with Gasteiger partial charge in [-0.05, 0) is 56.7 Å². The van der Waals surface area contributed by atoms with Crippen molar-refractivity contribution in [2.75, 3.05) is 13.2 Å². The van der Waals surface area contributed by atoms with Crippen LogP contribution in [-0.2, 0) is 9.53 Å². The molecule has 0 saturated carbocycles. The highest BCUT2D eigenvalue weighted by Crippen LogP contribution is 2.48. The predicted octanol–water partition coefficient (Wildman–Crippen LogP) is 7.09. The summed E-state index contributed by atoms with van der Waals surface area (Å²) in [5, 5.41) is 2.65. The minimum absolute atomic E-state index is 0.0984. The van der Waals surface area contributed by atoms with E-state index in [2.05, 4.69) is 60.7 Å². The van der Waals surface area contributed by atoms with Crippen LogP contribution in [0.1, 0.15) is 27.2 Å². The average molecular weight is 420 g/mol. The van der Waals surface area contributed by atoms with Crippen molar-refractivity contribution in [3.8, 4) is 10.6 Å². The highest BCUT2D eigenvalue weighted by atomic mass is 32.2. The van der Waals surface area contributed by atoms with E-state index >= 15 is 0 Å². The van der Waals surface area contributed by atoms with Gasteiger partial charge in [0, 0.05) is 33.4 Å². The molecule has 0 aliphatic heterocycles. The molecule has 0 aliphatic rings. The fraction of sp³-hybridized carbons (Fsp3) is 0.269. The second-order valence-electron chi connectivity index (χ2n) is 7.99. The molecule has 3 nitrogen and oxygen atoms in total. The second-order valence-corrected chi connectivity index (χ2v) is 9.96. The molecule has 0 saturated heterocycles. The van der Waals surface area contributed by atoms with Gasteiger partial charge in [0.1, 0.15) is 19.0 Å². The highest BCUT2D eigenvalue weighted by molar-refractivity contribution is 7.50. The van der Waals surface area contributed by atoms with Crippen molar-refractivity contribution in [3.63, 3.8) is 0 Å². The van der Waals surface area contributed by atoms with E-state index in [0.717, 1.165) is 12.2 Å². The van der Waals surface area contributed by atoms with Gasteiger partial charge in [-0.3, -0.25) is 4.79 Å². The summed E-state index contributed by atoms with van der Waals surface area (Å²) >= 11 is 0. The number of thiophene rings is 1. The molecule has 0 bridgehead atoms. The third-order valence-corrected chi connectivity index (χ3v) is 7.92. The van der Waals surface area contributed by atoms with Gasteiger partial charge in [0.05, 0.1) is 5.41 Å². The zero-order valence-corrected chi connectivity index (χ0v) is 18.5. The monoisotopic (exact) mass is 419 g/mol. The van der Waals surface area contributed by atoms with Crippen LogP contribution >= 0.6 is 10.5 Å². The van der Waals surface area contributed by atoms with Gasteiger partial charge >= 0.3 is 5.97 Å². The summed E-state index contributed by atoms with van der Waals surface area (Å²) in [5.74, 6) is 0.609. The SMILES string of the molecule is CCC(C)(C)C(=O)OCCOc1ccc(-[s+]2c3ccccc3c3ccccc32)cc1. The number of esters is 1. The average Bonchev–Trinajstić information content (AvgIpc) is 3.11. The van der Waals surface area contributed by atoms with Crippen LogP contribution in [0.4, 0.5) is 0 Å². The second kappa shape index (κ2) is 8.49. The summed E-state index contributed by atoms with van der Waals surface area (Å²) in [6, 6.07) is 25.6. The Bertz CT molecular complexity index is 1120. The molecule has 3 aromatic carbocycles. The maximum atomic E-state index is 12.0. The number of hydrogen-bond acceptors (Lipinski definition) is 3. The predicted molar refractivity (Wildman–Crippen MR) is 126 cm³/mol. The van der Waals surface area contributed by atoms with Gasteiger partial charge in [-0.25, -0.2) is 0 Å². The minimum Gasteiger partial charge on any atom is -0.490 e. The van der Waals surface area contributed by atoms with Crippen molar-refractivity contribution < 1.29 is 14.3 Å². The molecular formula is C26H27O3S+. The Morgan fingerprint density at radius 3 is 1.97 bits per heavy atom. The van der Waals surface area contributed by atoms with Crippen molar-refractivity contribution in [2.24, 2.45) is 5.41 Å². The van der Waals surface area contributed by atoms with Crippen molar-refractivity contribution in [1.29, 1.82) is 0 Å². The molecule has 0 unspecified atom stereocenters. The van der Waals surface area contributed by atoms with E-state index in [1.54, 1.807) is 0 Å². The molecule has 0 spiro atoms. The summed E-state index contributed by atoms with van der Waals surface area (Å²) in [4.78, 5) is 13.3. The summed E-state index contributed by atoms with van der Waals surface area (Å²) in [6.45, 7) is 6.39. The number of hydrogen-bond donors (Lipinski definition) is 0. The molecule has 0 amide bonds. The van der Waals surface area contributed by atoms with Crippen molar-refractivity contribution >= 4 is 36.6 Å². The molecule has 4 rings (SSSR count). The fourth-order valence-electron chi connectivity index (χ4n) is 3.41. The van der Waals surface area contributed by atoms with Crippen LogP contribution in [0.25, 0.3) is 25.1 Å². The van der Waals surface area contributed by atoms with Gasteiger partial charge in [-0.1, -0.05) is 31.2 Å². The Kier molecular flexibility index (Phi) is 5.78. The first-order valence-corrected chi connectivity index (χ1v) is 11.6. The van der Waals surface area contributed by atoms with E-state index in [1.165, 1.54) is 25.1 Å². The zero-order chi connectivity index (χ0) is 21.1. The lowest BCUT2D eigenvalue weighted by molar-refractivity contribution is -0.154. The van der Waals surface area contributed by atoms with Crippen LogP contribution in [0.3, 0.4) is 0 Å². The lowest BCUT2D eigenvalue weighted by Crippen LogP contribution is -2.27. The maximum Gasteiger partial charge on any atom is 0.311 e. The van der Waals surface area contributed by atoms with Gasteiger partial charge in [-0.15, -0.1) is 0 Å². The van der Waals surface area contributed by atoms with E-state index in [1.807, 2.05) is 32.9 Å². The molecule has 0 radical (unpaired) electrons. The molecule has 0 aliphatic carbocycles. The Hall–Kier alpha value is -2.85. The molecule has 0 N–H and O–H groups in total. The number of carbonyl (C=O) groups is 1. The number of ether oxygens (including phenoxy) is 2. The molecule has 0 fully saturated rings. The third-order valence-electron chi connectivity index (χ3n) is 5.59. The molecular weight excluding hydrogens is 392 g/mol. The quantitative estimate of drug-likeness (QED) is 0.182. The van der Waals surface area contributed by atoms with Gasteiger partial charge < -0.3 is 9.47 Å². The number of benzene rings is 3. The van der Waals surface area contributed by atoms with E-state index in [0.29, 0.717) is 6.61 Å². The van der Waals surface area contributed by atoms with Gasteiger partial charge in [-0.2, -0.15) is 0 Å². The minimum atomic E-state index is -0.448. The first-order valence-electron chi connectivity index (χ1n) is 10.3. The van der Waals surface area contributed by atoms with Gasteiger partial charge in [0.15, 0.2) is 14.3 Å². The van der Waals surface area contributed by atoms with E-state index < -0.39 is 5.41 Å². The highest BCUT2D eigenvalue weighted by Gasteiger charge is 2.27. The van der Waals surface area contributed by atoms with Crippen molar-refractivity contribution in [3.05, 3.63) is 72.8 Å². The van der Waals surface area contributed by atoms with Crippen LogP contribution < -0.4 is 4.74 Å².